The third-order valence-electron chi connectivity index (χ3n) is 10.5. The van der Waals surface area contributed by atoms with Gasteiger partial charge in [0.2, 0.25) is 0 Å². The molecule has 0 N–H and O–H groups in total. The molecular formula is C59H96O5. The smallest absolute Gasteiger partial charge is 0.306 e. The average molecular weight is 885 g/mol. The molecule has 0 aliphatic rings. The van der Waals surface area contributed by atoms with Gasteiger partial charge < -0.3 is 14.2 Å². The highest BCUT2D eigenvalue weighted by atomic mass is 16.6. The van der Waals surface area contributed by atoms with Crippen molar-refractivity contribution in [2.45, 2.75) is 219 Å². The molecule has 0 radical (unpaired) electrons. The summed E-state index contributed by atoms with van der Waals surface area (Å²) >= 11 is 0. The molecule has 0 aliphatic heterocycles. The van der Waals surface area contributed by atoms with Crippen molar-refractivity contribution in [1.29, 1.82) is 0 Å². The van der Waals surface area contributed by atoms with E-state index in [0.717, 1.165) is 128 Å². The van der Waals surface area contributed by atoms with E-state index in [9.17, 15) is 9.59 Å². The van der Waals surface area contributed by atoms with E-state index >= 15 is 0 Å². The molecule has 1 unspecified atom stereocenters. The number of allylic oxidation sites excluding steroid dienone is 20. The first-order chi connectivity index (χ1) is 31.6. The largest absolute Gasteiger partial charge is 0.462 e. The van der Waals surface area contributed by atoms with Gasteiger partial charge in [0.1, 0.15) is 6.61 Å². The van der Waals surface area contributed by atoms with Gasteiger partial charge in [0.25, 0.3) is 0 Å². The maximum absolute atomic E-state index is 12.8. The van der Waals surface area contributed by atoms with Gasteiger partial charge in [-0.3, -0.25) is 9.59 Å². The number of unbranched alkanes of at least 4 members (excludes halogenated alkanes) is 15. The van der Waals surface area contributed by atoms with Crippen molar-refractivity contribution in [2.75, 3.05) is 19.8 Å². The Morgan fingerprint density at radius 1 is 0.359 bits per heavy atom. The van der Waals surface area contributed by atoms with Gasteiger partial charge in [-0.05, 0) is 103 Å². The van der Waals surface area contributed by atoms with Crippen molar-refractivity contribution in [3.8, 4) is 0 Å². The zero-order valence-corrected chi connectivity index (χ0v) is 41.5. The molecule has 0 rings (SSSR count). The standard InChI is InChI=1S/C59H96O5/c1-4-7-10-13-16-19-22-24-26-28-29-30-32-34-36-39-42-45-48-51-54-62-55-57(64-59(61)53-50-47-44-41-37-21-18-15-12-9-6-3)56-63-58(60)52-49-46-43-40-38-35-33-31-27-25-23-20-17-14-11-8-5-2/h7-8,10-11,16-17,19-20,24-27,29-30,33-36,42,45,57H,4-6,9,12-15,18,21-23,28,31-32,37-41,43-44,46-56H2,1-3H3/b10-7-,11-8-,19-16-,20-17-,26-24-,27-25-,30-29-,35-33-,36-34-,45-42-. The molecule has 0 aromatic heterocycles. The molecule has 1 atom stereocenters. The number of carbonyl (C=O) groups excluding carboxylic acids is 2. The van der Waals surface area contributed by atoms with Gasteiger partial charge in [-0.25, -0.2) is 0 Å². The van der Waals surface area contributed by atoms with E-state index in [4.69, 9.17) is 14.2 Å². The topological polar surface area (TPSA) is 61.8 Å². The van der Waals surface area contributed by atoms with Crippen LogP contribution in [0.25, 0.3) is 0 Å². The van der Waals surface area contributed by atoms with Gasteiger partial charge >= 0.3 is 11.9 Å². The summed E-state index contributed by atoms with van der Waals surface area (Å²) in [6.45, 7) is 7.41. The highest BCUT2D eigenvalue weighted by molar-refractivity contribution is 5.70. The van der Waals surface area contributed by atoms with Crippen LogP contribution >= 0.6 is 0 Å². The lowest BCUT2D eigenvalue weighted by Gasteiger charge is -2.18. The second-order valence-electron chi connectivity index (χ2n) is 16.7. The first-order valence-electron chi connectivity index (χ1n) is 26.1. The molecule has 64 heavy (non-hydrogen) atoms. The van der Waals surface area contributed by atoms with Crippen molar-refractivity contribution in [1.82, 2.24) is 0 Å². The van der Waals surface area contributed by atoms with Crippen LogP contribution in [0.5, 0.6) is 0 Å². The van der Waals surface area contributed by atoms with Gasteiger partial charge in [0, 0.05) is 19.4 Å². The summed E-state index contributed by atoms with van der Waals surface area (Å²) < 4.78 is 17.3. The van der Waals surface area contributed by atoms with Gasteiger partial charge in [-0.1, -0.05) is 219 Å². The molecule has 362 valence electrons. The Morgan fingerprint density at radius 3 is 1.12 bits per heavy atom. The number of ether oxygens (including phenoxy) is 3. The summed E-state index contributed by atoms with van der Waals surface area (Å²) in [4.78, 5) is 25.4. The summed E-state index contributed by atoms with van der Waals surface area (Å²) in [6, 6.07) is 0. The van der Waals surface area contributed by atoms with E-state index in [1.165, 1.54) is 51.4 Å². The summed E-state index contributed by atoms with van der Waals surface area (Å²) in [5.74, 6) is -0.463. The Morgan fingerprint density at radius 2 is 0.703 bits per heavy atom. The fourth-order valence-electron chi connectivity index (χ4n) is 6.69. The number of rotatable bonds is 46. The lowest BCUT2D eigenvalue weighted by Crippen LogP contribution is -2.30. The Bertz CT molecular complexity index is 1320. The van der Waals surface area contributed by atoms with E-state index in [1.54, 1.807) is 0 Å². The molecule has 0 heterocycles. The lowest BCUT2D eigenvalue weighted by atomic mass is 10.1. The van der Waals surface area contributed by atoms with Gasteiger partial charge in [-0.15, -0.1) is 0 Å². The molecule has 0 saturated heterocycles. The van der Waals surface area contributed by atoms with E-state index in [-0.39, 0.29) is 25.2 Å². The van der Waals surface area contributed by atoms with Crippen molar-refractivity contribution in [3.05, 3.63) is 122 Å². The second-order valence-corrected chi connectivity index (χ2v) is 16.7. The van der Waals surface area contributed by atoms with E-state index in [1.807, 2.05) is 0 Å². The Kier molecular flexibility index (Phi) is 50.5. The second kappa shape index (κ2) is 53.6. The maximum Gasteiger partial charge on any atom is 0.306 e. The lowest BCUT2D eigenvalue weighted by molar-refractivity contribution is -0.163. The number of carbonyl (C=O) groups is 2. The number of hydrogen-bond donors (Lipinski definition) is 0. The van der Waals surface area contributed by atoms with Crippen LogP contribution in [0.4, 0.5) is 0 Å². The van der Waals surface area contributed by atoms with Crippen LogP contribution in [-0.2, 0) is 23.8 Å². The summed E-state index contributed by atoms with van der Waals surface area (Å²) in [7, 11) is 0. The van der Waals surface area contributed by atoms with E-state index < -0.39 is 6.10 Å². The van der Waals surface area contributed by atoms with Gasteiger partial charge in [0.15, 0.2) is 6.10 Å². The van der Waals surface area contributed by atoms with Crippen LogP contribution < -0.4 is 0 Å². The van der Waals surface area contributed by atoms with Gasteiger partial charge in [0.05, 0.1) is 6.61 Å². The number of esters is 2. The predicted octanol–water partition coefficient (Wildman–Crippen LogP) is 17.8. The maximum atomic E-state index is 12.8. The highest BCUT2D eigenvalue weighted by Crippen LogP contribution is 2.13. The fraction of sp³-hybridized carbons (Fsp3) is 0.627. The average Bonchev–Trinajstić information content (AvgIpc) is 3.30. The normalized spacial score (nSPS) is 13.2. The van der Waals surface area contributed by atoms with Crippen molar-refractivity contribution < 1.29 is 23.8 Å². The minimum atomic E-state index is -0.582. The first-order valence-corrected chi connectivity index (χ1v) is 26.1. The Hall–Kier alpha value is -3.70. The fourth-order valence-corrected chi connectivity index (χ4v) is 6.69. The van der Waals surface area contributed by atoms with Gasteiger partial charge in [-0.2, -0.15) is 0 Å². The molecule has 0 aromatic rings. The highest BCUT2D eigenvalue weighted by Gasteiger charge is 2.17. The molecule has 0 aliphatic carbocycles. The third kappa shape index (κ3) is 50.9. The van der Waals surface area contributed by atoms with Crippen molar-refractivity contribution in [3.63, 3.8) is 0 Å². The minimum Gasteiger partial charge on any atom is -0.462 e. The predicted molar refractivity (Wildman–Crippen MR) is 279 cm³/mol. The number of hydrogen-bond acceptors (Lipinski definition) is 5. The first kappa shape index (κ1) is 60.3. The molecule has 0 aromatic carbocycles. The molecule has 5 nitrogen and oxygen atoms in total. The molecule has 0 amide bonds. The van der Waals surface area contributed by atoms with Crippen LogP contribution in [0.3, 0.4) is 0 Å². The summed E-state index contributed by atoms with van der Waals surface area (Å²) in [6.07, 6.45) is 75.0. The Balaban J connectivity index is 4.41. The molecule has 5 heteroatoms. The van der Waals surface area contributed by atoms with E-state index in [0.29, 0.717) is 19.4 Å². The molecule has 0 spiro atoms. The summed E-state index contributed by atoms with van der Waals surface area (Å²) in [5, 5.41) is 0. The van der Waals surface area contributed by atoms with Crippen molar-refractivity contribution in [2.24, 2.45) is 0 Å². The van der Waals surface area contributed by atoms with Crippen molar-refractivity contribution >= 4 is 11.9 Å². The van der Waals surface area contributed by atoms with Crippen LogP contribution in [0, 0.1) is 0 Å². The van der Waals surface area contributed by atoms with Crippen LogP contribution in [0.15, 0.2) is 122 Å². The quantitative estimate of drug-likeness (QED) is 0.0346. The zero-order valence-electron chi connectivity index (χ0n) is 41.5. The van der Waals surface area contributed by atoms with Crippen LogP contribution in [0.2, 0.25) is 0 Å². The third-order valence-corrected chi connectivity index (χ3v) is 10.5. The minimum absolute atomic E-state index is 0.0435. The molecular weight excluding hydrogens is 789 g/mol. The zero-order chi connectivity index (χ0) is 46.3. The Labute approximate surface area is 395 Å². The van der Waals surface area contributed by atoms with E-state index in [2.05, 4.69) is 142 Å². The SMILES string of the molecule is CC/C=C\C/C=C\C/C=C\C/C=C\C/C=C\C/C=C\CCCOCC(COC(=O)CCCCCC/C=C\C/C=C\C/C=C\C/C=C\CC)OC(=O)CCCCCCCCCCCCC. The monoisotopic (exact) mass is 885 g/mol. The molecule has 0 fully saturated rings. The summed E-state index contributed by atoms with van der Waals surface area (Å²) in [5.41, 5.74) is 0. The molecule has 0 saturated carbocycles. The molecule has 0 bridgehead atoms. The van der Waals surface area contributed by atoms with Crippen LogP contribution in [0.1, 0.15) is 213 Å². The van der Waals surface area contributed by atoms with Crippen LogP contribution in [-0.4, -0.2) is 37.9 Å².